The molecule has 0 fully saturated rings. The topological polar surface area (TPSA) is 137 Å². The number of allylic oxidation sites excluding steroid dienone is 1. The highest BCUT2D eigenvalue weighted by molar-refractivity contribution is 6.01. The largest absolute Gasteiger partial charge is 0.505 e. The molecule has 0 unspecified atom stereocenters. The van der Waals surface area contributed by atoms with E-state index in [1.54, 1.807) is 54.6 Å². The molecule has 0 aromatic heterocycles. The van der Waals surface area contributed by atoms with Gasteiger partial charge in [0.15, 0.2) is 11.6 Å². The van der Waals surface area contributed by atoms with Crippen LogP contribution in [0.3, 0.4) is 0 Å². The number of anilines is 3. The quantitative estimate of drug-likeness (QED) is 0.175. The van der Waals surface area contributed by atoms with Gasteiger partial charge in [-0.1, -0.05) is 24.3 Å². The fraction of sp³-hybridized carbons (Fsp3) is 0.148. The number of halogens is 1. The Balaban J connectivity index is 1.58. The van der Waals surface area contributed by atoms with Gasteiger partial charge in [-0.2, -0.15) is 5.26 Å². The molecular formula is C27H25FN4O4. The highest BCUT2D eigenvalue weighted by atomic mass is 19.1. The molecule has 36 heavy (non-hydrogen) atoms. The number of hydrogen-bond acceptors (Lipinski definition) is 6. The van der Waals surface area contributed by atoms with Crippen LogP contribution in [0.1, 0.15) is 36.5 Å². The van der Waals surface area contributed by atoms with E-state index in [0.717, 1.165) is 6.07 Å². The third kappa shape index (κ3) is 7.60. The van der Waals surface area contributed by atoms with Crippen LogP contribution in [0.2, 0.25) is 0 Å². The lowest BCUT2D eigenvalue weighted by atomic mass is 10.0. The van der Waals surface area contributed by atoms with Gasteiger partial charge in [0.1, 0.15) is 6.10 Å². The maximum absolute atomic E-state index is 13.9. The Morgan fingerprint density at radius 2 is 1.86 bits per heavy atom. The number of carbonyl (C=O) groups is 2. The molecule has 1 atom stereocenters. The smallest absolute Gasteiger partial charge is 0.412 e. The molecule has 2 amide bonds. The number of rotatable bonds is 9. The fourth-order valence-corrected chi connectivity index (χ4v) is 3.32. The average Bonchev–Trinajstić information content (AvgIpc) is 2.86. The highest BCUT2D eigenvalue weighted by Gasteiger charge is 2.18. The zero-order valence-electron chi connectivity index (χ0n) is 19.3. The number of hydrogen-bond donors (Lipinski definition) is 4. The summed E-state index contributed by atoms with van der Waals surface area (Å²) >= 11 is 0. The second kappa shape index (κ2) is 12.6. The molecule has 0 spiro atoms. The van der Waals surface area contributed by atoms with Gasteiger partial charge in [0.05, 0.1) is 23.0 Å². The first kappa shape index (κ1) is 25.8. The minimum Gasteiger partial charge on any atom is -0.505 e. The number of aromatic hydroxyl groups is 1. The van der Waals surface area contributed by atoms with E-state index in [1.165, 1.54) is 18.2 Å². The van der Waals surface area contributed by atoms with E-state index in [0.29, 0.717) is 47.5 Å². The first-order valence-corrected chi connectivity index (χ1v) is 11.1. The number of phenols is 1. The summed E-state index contributed by atoms with van der Waals surface area (Å²) in [6.07, 6.45) is 2.87. The Kier molecular flexibility index (Phi) is 9.00. The monoisotopic (exact) mass is 488 g/mol. The molecule has 5 N–H and O–H groups in total. The van der Waals surface area contributed by atoms with Gasteiger partial charge < -0.3 is 20.9 Å². The van der Waals surface area contributed by atoms with Gasteiger partial charge in [0.25, 0.3) is 0 Å². The molecule has 0 saturated heterocycles. The van der Waals surface area contributed by atoms with Crippen molar-refractivity contribution < 1.29 is 23.8 Å². The van der Waals surface area contributed by atoms with Crippen LogP contribution >= 0.6 is 0 Å². The van der Waals surface area contributed by atoms with E-state index >= 15 is 0 Å². The summed E-state index contributed by atoms with van der Waals surface area (Å²) < 4.78 is 19.5. The molecule has 3 rings (SSSR count). The normalized spacial score (nSPS) is 11.4. The van der Waals surface area contributed by atoms with Crippen molar-refractivity contribution in [1.29, 1.82) is 5.26 Å². The first-order chi connectivity index (χ1) is 17.4. The number of carbonyl (C=O) groups excluding carboxylic acids is 2. The molecule has 8 nitrogen and oxygen atoms in total. The molecule has 0 aliphatic rings. The number of phenolic OH excluding ortho intramolecular Hbond substituents is 1. The number of ether oxygens (including phenoxy) is 1. The van der Waals surface area contributed by atoms with Gasteiger partial charge in [-0.3, -0.25) is 10.1 Å². The minimum absolute atomic E-state index is 0.330. The SMILES string of the molecule is N#Cc1ccc(NC(=O)O[C@H](CCC/C=C/C(=O)Nc2ccccc2N)c2ccc(O)c(F)c2)cc1. The third-order valence-electron chi connectivity index (χ3n) is 5.18. The summed E-state index contributed by atoms with van der Waals surface area (Å²) in [5.41, 5.74) is 8.04. The van der Waals surface area contributed by atoms with Crippen LogP contribution in [0.15, 0.2) is 78.9 Å². The van der Waals surface area contributed by atoms with Crippen LogP contribution in [-0.2, 0) is 9.53 Å². The Hall–Kier alpha value is -4.84. The van der Waals surface area contributed by atoms with Crippen LogP contribution in [0, 0.1) is 17.1 Å². The van der Waals surface area contributed by atoms with E-state index < -0.39 is 23.8 Å². The molecule has 0 aliphatic heterocycles. The van der Waals surface area contributed by atoms with Gasteiger partial charge in [-0.05, 0) is 79.4 Å². The molecular weight excluding hydrogens is 463 g/mol. The van der Waals surface area contributed by atoms with Crippen molar-refractivity contribution in [3.05, 3.63) is 95.8 Å². The Morgan fingerprint density at radius 3 is 2.56 bits per heavy atom. The molecule has 3 aromatic carbocycles. The van der Waals surface area contributed by atoms with Gasteiger partial charge in [0, 0.05) is 5.69 Å². The highest BCUT2D eigenvalue weighted by Crippen LogP contribution is 2.28. The molecule has 0 bridgehead atoms. The molecule has 3 aromatic rings. The summed E-state index contributed by atoms with van der Waals surface area (Å²) in [6.45, 7) is 0. The fourth-order valence-electron chi connectivity index (χ4n) is 3.32. The number of nitrogen functional groups attached to an aromatic ring is 1. The zero-order chi connectivity index (χ0) is 25.9. The number of para-hydroxylation sites is 2. The van der Waals surface area contributed by atoms with Gasteiger partial charge in [0.2, 0.25) is 5.91 Å². The lowest BCUT2D eigenvalue weighted by Gasteiger charge is -2.19. The van der Waals surface area contributed by atoms with Crippen LogP contribution < -0.4 is 16.4 Å². The second-order valence-corrected chi connectivity index (χ2v) is 7.83. The standard InChI is InChI=1S/C27H25FN4O4/c28-21-16-19(12-15-24(21)33)25(36-27(35)31-20-13-10-18(17-29)11-14-20)8-2-1-3-9-26(34)32-23-7-5-4-6-22(23)30/h3-7,9-16,25,33H,1-2,8,30H2,(H,31,35)(H,32,34)/b9-3+/t25-/m1/s1. The van der Waals surface area contributed by atoms with E-state index in [9.17, 15) is 19.1 Å². The summed E-state index contributed by atoms with van der Waals surface area (Å²) in [4.78, 5) is 24.6. The predicted molar refractivity (Wildman–Crippen MR) is 135 cm³/mol. The maximum atomic E-state index is 13.9. The first-order valence-electron chi connectivity index (χ1n) is 11.1. The van der Waals surface area contributed by atoms with Crippen LogP contribution in [0.5, 0.6) is 5.75 Å². The number of unbranched alkanes of at least 4 members (excludes halogenated alkanes) is 1. The Morgan fingerprint density at radius 1 is 1.11 bits per heavy atom. The van der Waals surface area contributed by atoms with E-state index in [1.807, 2.05) is 6.07 Å². The lowest BCUT2D eigenvalue weighted by molar-refractivity contribution is -0.111. The number of nitrogens with zero attached hydrogens (tertiary/aromatic N) is 1. The number of nitrogens with one attached hydrogen (secondary N) is 2. The average molecular weight is 489 g/mol. The van der Waals surface area contributed by atoms with Crippen molar-refractivity contribution in [1.82, 2.24) is 0 Å². The van der Waals surface area contributed by atoms with Crippen molar-refractivity contribution in [3.8, 4) is 11.8 Å². The minimum atomic E-state index is -0.828. The van der Waals surface area contributed by atoms with E-state index in [-0.39, 0.29) is 5.91 Å². The van der Waals surface area contributed by atoms with Crippen LogP contribution in [-0.4, -0.2) is 17.1 Å². The van der Waals surface area contributed by atoms with Gasteiger partial charge in [-0.25, -0.2) is 9.18 Å². The second-order valence-electron chi connectivity index (χ2n) is 7.83. The molecule has 0 aliphatic carbocycles. The summed E-state index contributed by atoms with van der Waals surface area (Å²) in [5.74, 6) is -1.67. The predicted octanol–water partition coefficient (Wildman–Crippen LogP) is 5.64. The zero-order valence-corrected chi connectivity index (χ0v) is 19.3. The van der Waals surface area contributed by atoms with Crippen molar-refractivity contribution in [3.63, 3.8) is 0 Å². The molecule has 0 saturated carbocycles. The van der Waals surface area contributed by atoms with Gasteiger partial charge >= 0.3 is 6.09 Å². The van der Waals surface area contributed by atoms with Crippen molar-refractivity contribution in [2.24, 2.45) is 0 Å². The number of nitriles is 1. The van der Waals surface area contributed by atoms with Crippen molar-refractivity contribution >= 4 is 29.1 Å². The van der Waals surface area contributed by atoms with Crippen LogP contribution in [0.25, 0.3) is 0 Å². The Labute approximate surface area is 207 Å². The number of nitrogens with two attached hydrogens (primary N) is 1. The molecule has 184 valence electrons. The van der Waals surface area contributed by atoms with E-state index in [4.69, 9.17) is 15.7 Å². The van der Waals surface area contributed by atoms with Gasteiger partial charge in [-0.15, -0.1) is 0 Å². The summed E-state index contributed by atoms with van der Waals surface area (Å²) in [7, 11) is 0. The summed E-state index contributed by atoms with van der Waals surface area (Å²) in [6, 6.07) is 18.9. The number of benzene rings is 3. The summed E-state index contributed by atoms with van der Waals surface area (Å²) in [5, 5.41) is 23.6. The van der Waals surface area contributed by atoms with Crippen molar-refractivity contribution in [2.75, 3.05) is 16.4 Å². The van der Waals surface area contributed by atoms with Crippen molar-refractivity contribution in [2.45, 2.75) is 25.4 Å². The lowest BCUT2D eigenvalue weighted by Crippen LogP contribution is -2.18. The van der Waals surface area contributed by atoms with Crippen LogP contribution in [0.4, 0.5) is 26.2 Å². The number of amides is 2. The third-order valence-corrected chi connectivity index (χ3v) is 5.18. The Bertz CT molecular complexity index is 1290. The molecule has 0 heterocycles. The molecule has 9 heteroatoms. The maximum Gasteiger partial charge on any atom is 0.412 e. The van der Waals surface area contributed by atoms with E-state index in [2.05, 4.69) is 10.6 Å². The molecule has 0 radical (unpaired) electrons.